The summed E-state index contributed by atoms with van der Waals surface area (Å²) in [6.45, 7) is 1.32. The SMILES string of the molecule is CC(Oc1ccccc1)(Oc1ccc(Br)cc1Cl)C(=O)O. The molecular formula is C15H12BrClO4. The number of carbonyl (C=O) groups is 1. The van der Waals surface area contributed by atoms with E-state index in [0.29, 0.717) is 5.75 Å². The first-order valence-electron chi connectivity index (χ1n) is 6.02. The minimum atomic E-state index is -1.89. The summed E-state index contributed by atoms with van der Waals surface area (Å²) in [5.41, 5.74) is 0. The van der Waals surface area contributed by atoms with Crippen LogP contribution in [0.5, 0.6) is 11.5 Å². The lowest BCUT2D eigenvalue weighted by molar-refractivity contribution is -0.181. The number of hydrogen-bond acceptors (Lipinski definition) is 3. The molecule has 1 unspecified atom stereocenters. The number of hydrogen-bond donors (Lipinski definition) is 1. The lowest BCUT2D eigenvalue weighted by atomic mass is 10.3. The predicted octanol–water partition coefficient (Wildman–Crippen LogP) is 4.36. The lowest BCUT2D eigenvalue weighted by Crippen LogP contribution is -2.47. The van der Waals surface area contributed by atoms with Crippen molar-refractivity contribution < 1.29 is 19.4 Å². The Bertz CT molecular complexity index is 647. The molecule has 2 aromatic carbocycles. The van der Waals surface area contributed by atoms with E-state index in [9.17, 15) is 9.90 Å². The molecule has 1 N–H and O–H groups in total. The van der Waals surface area contributed by atoms with Gasteiger partial charge in [0.15, 0.2) is 0 Å². The fourth-order valence-electron chi connectivity index (χ4n) is 1.59. The van der Waals surface area contributed by atoms with Crippen LogP contribution in [-0.2, 0) is 4.79 Å². The van der Waals surface area contributed by atoms with Gasteiger partial charge in [-0.3, -0.25) is 0 Å². The highest BCUT2D eigenvalue weighted by Gasteiger charge is 2.39. The van der Waals surface area contributed by atoms with Gasteiger partial charge in [0.05, 0.1) is 5.02 Å². The molecule has 6 heteroatoms. The second kappa shape index (κ2) is 6.37. The molecule has 2 aromatic rings. The first-order chi connectivity index (χ1) is 9.90. The van der Waals surface area contributed by atoms with Gasteiger partial charge >= 0.3 is 11.8 Å². The van der Waals surface area contributed by atoms with Crippen LogP contribution in [-0.4, -0.2) is 16.9 Å². The van der Waals surface area contributed by atoms with Crippen LogP contribution >= 0.6 is 27.5 Å². The molecule has 110 valence electrons. The Hall–Kier alpha value is -1.72. The molecule has 1 atom stereocenters. The Labute approximate surface area is 135 Å². The van der Waals surface area contributed by atoms with E-state index in [2.05, 4.69) is 15.9 Å². The van der Waals surface area contributed by atoms with E-state index in [1.165, 1.54) is 6.92 Å². The van der Waals surface area contributed by atoms with Crippen molar-refractivity contribution in [1.29, 1.82) is 0 Å². The van der Waals surface area contributed by atoms with Crippen LogP contribution in [0, 0.1) is 0 Å². The molecule has 0 saturated heterocycles. The first-order valence-corrected chi connectivity index (χ1v) is 7.19. The van der Waals surface area contributed by atoms with Gasteiger partial charge in [0.1, 0.15) is 11.5 Å². The molecule has 2 rings (SSSR count). The van der Waals surface area contributed by atoms with E-state index < -0.39 is 11.8 Å². The second-order valence-corrected chi connectivity index (χ2v) is 5.67. The Morgan fingerprint density at radius 2 is 1.86 bits per heavy atom. The zero-order chi connectivity index (χ0) is 15.5. The van der Waals surface area contributed by atoms with Crippen LogP contribution < -0.4 is 9.47 Å². The summed E-state index contributed by atoms with van der Waals surface area (Å²) in [5, 5.41) is 9.68. The van der Waals surface area contributed by atoms with Gasteiger partial charge < -0.3 is 14.6 Å². The second-order valence-electron chi connectivity index (χ2n) is 4.34. The molecule has 0 aliphatic rings. The number of carboxylic acids is 1. The molecule has 0 heterocycles. The average Bonchev–Trinajstić information content (AvgIpc) is 2.43. The molecule has 21 heavy (non-hydrogen) atoms. The molecule has 0 saturated carbocycles. The average molecular weight is 372 g/mol. The van der Waals surface area contributed by atoms with Crippen molar-refractivity contribution >= 4 is 33.5 Å². The number of rotatable bonds is 5. The summed E-state index contributed by atoms with van der Waals surface area (Å²) in [7, 11) is 0. The Kier molecular flexibility index (Phi) is 4.75. The zero-order valence-corrected chi connectivity index (χ0v) is 13.4. The minimum absolute atomic E-state index is 0.223. The topological polar surface area (TPSA) is 55.8 Å². The number of carboxylic acid groups (broad SMARTS) is 1. The number of halogens is 2. The minimum Gasteiger partial charge on any atom is -0.475 e. The fourth-order valence-corrected chi connectivity index (χ4v) is 2.30. The number of para-hydroxylation sites is 1. The molecule has 0 aromatic heterocycles. The lowest BCUT2D eigenvalue weighted by Gasteiger charge is -2.27. The highest BCUT2D eigenvalue weighted by atomic mass is 79.9. The monoisotopic (exact) mass is 370 g/mol. The molecule has 0 radical (unpaired) electrons. The van der Waals surface area contributed by atoms with Crippen LogP contribution in [0.4, 0.5) is 0 Å². The van der Waals surface area contributed by atoms with Gasteiger partial charge in [-0.15, -0.1) is 0 Å². The summed E-state index contributed by atoms with van der Waals surface area (Å²) in [6, 6.07) is 13.5. The van der Waals surface area contributed by atoms with Crippen LogP contribution in [0.2, 0.25) is 5.02 Å². The summed E-state index contributed by atoms with van der Waals surface area (Å²) in [4.78, 5) is 11.5. The predicted molar refractivity (Wildman–Crippen MR) is 82.9 cm³/mol. The van der Waals surface area contributed by atoms with Crippen molar-refractivity contribution in [1.82, 2.24) is 0 Å². The van der Waals surface area contributed by atoms with Gasteiger partial charge in [0.25, 0.3) is 0 Å². The largest absolute Gasteiger partial charge is 0.475 e. The van der Waals surface area contributed by atoms with Crippen molar-refractivity contribution in [3.05, 3.63) is 58.0 Å². The Balaban J connectivity index is 2.28. The molecule has 0 amide bonds. The van der Waals surface area contributed by atoms with Crippen LogP contribution in [0.25, 0.3) is 0 Å². The van der Waals surface area contributed by atoms with Crippen molar-refractivity contribution in [2.45, 2.75) is 12.7 Å². The Morgan fingerprint density at radius 1 is 1.19 bits per heavy atom. The maximum atomic E-state index is 11.5. The quantitative estimate of drug-likeness (QED) is 0.793. The summed E-state index contributed by atoms with van der Waals surface area (Å²) in [6.07, 6.45) is 0. The maximum Gasteiger partial charge on any atom is 0.390 e. The zero-order valence-electron chi connectivity index (χ0n) is 11.0. The van der Waals surface area contributed by atoms with E-state index in [0.717, 1.165) is 4.47 Å². The third kappa shape index (κ3) is 3.89. The van der Waals surface area contributed by atoms with E-state index in [1.54, 1.807) is 48.5 Å². The van der Waals surface area contributed by atoms with Gasteiger partial charge in [0, 0.05) is 11.4 Å². The Morgan fingerprint density at radius 3 is 2.43 bits per heavy atom. The summed E-state index contributed by atoms with van der Waals surface area (Å²) in [5.74, 6) is -2.54. The molecule has 0 spiro atoms. The van der Waals surface area contributed by atoms with Crippen LogP contribution in [0.1, 0.15) is 6.92 Å². The number of ether oxygens (including phenoxy) is 2. The molecule has 0 fully saturated rings. The van der Waals surface area contributed by atoms with Crippen molar-refractivity contribution in [2.24, 2.45) is 0 Å². The normalized spacial score (nSPS) is 13.3. The third-order valence-electron chi connectivity index (χ3n) is 2.64. The van der Waals surface area contributed by atoms with Crippen molar-refractivity contribution in [3.63, 3.8) is 0 Å². The smallest absolute Gasteiger partial charge is 0.390 e. The standard InChI is InChI=1S/C15H12BrClO4/c1-15(14(18)19,20-11-5-3-2-4-6-11)21-13-8-7-10(16)9-12(13)17/h2-9H,1H3,(H,18,19). The molecule has 0 aliphatic heterocycles. The number of aliphatic carboxylic acids is 1. The summed E-state index contributed by atoms with van der Waals surface area (Å²) < 4.78 is 11.7. The van der Waals surface area contributed by atoms with E-state index in [1.807, 2.05) is 0 Å². The van der Waals surface area contributed by atoms with Crippen LogP contribution in [0.3, 0.4) is 0 Å². The van der Waals surface area contributed by atoms with Gasteiger partial charge in [-0.05, 0) is 30.3 Å². The van der Waals surface area contributed by atoms with E-state index in [4.69, 9.17) is 21.1 Å². The molecule has 0 bridgehead atoms. The summed E-state index contributed by atoms with van der Waals surface area (Å²) >= 11 is 9.31. The molecule has 4 nitrogen and oxygen atoms in total. The first kappa shape index (κ1) is 15.7. The van der Waals surface area contributed by atoms with Crippen LogP contribution in [0.15, 0.2) is 53.0 Å². The van der Waals surface area contributed by atoms with E-state index in [-0.39, 0.29) is 10.8 Å². The van der Waals surface area contributed by atoms with Gasteiger partial charge in [-0.25, -0.2) is 4.79 Å². The molecule has 0 aliphatic carbocycles. The number of benzene rings is 2. The van der Waals surface area contributed by atoms with Gasteiger partial charge in [-0.1, -0.05) is 45.7 Å². The third-order valence-corrected chi connectivity index (χ3v) is 3.43. The van der Waals surface area contributed by atoms with Crippen molar-refractivity contribution in [2.75, 3.05) is 0 Å². The fraction of sp³-hybridized carbons (Fsp3) is 0.133. The highest BCUT2D eigenvalue weighted by molar-refractivity contribution is 9.10. The highest BCUT2D eigenvalue weighted by Crippen LogP contribution is 2.31. The molecular weight excluding hydrogens is 360 g/mol. The maximum absolute atomic E-state index is 11.5. The van der Waals surface area contributed by atoms with Gasteiger partial charge in [0.2, 0.25) is 0 Å². The van der Waals surface area contributed by atoms with Crippen molar-refractivity contribution in [3.8, 4) is 11.5 Å². The van der Waals surface area contributed by atoms with Gasteiger partial charge in [-0.2, -0.15) is 0 Å². The van der Waals surface area contributed by atoms with E-state index >= 15 is 0 Å².